The van der Waals surface area contributed by atoms with Crippen LogP contribution in [0.4, 0.5) is 13.2 Å². The van der Waals surface area contributed by atoms with E-state index in [9.17, 15) is 23.8 Å². The molecule has 0 bridgehead atoms. The molecule has 0 spiro atoms. The van der Waals surface area contributed by atoms with E-state index in [4.69, 9.17) is 15.1 Å². The molecule has 1 aliphatic carbocycles. The minimum atomic E-state index is -4.15. The molecule has 1 fully saturated rings. The molecule has 5 rings (SSSR count). The number of carbonyl (C=O) groups is 1. The average molecular weight is 529 g/mol. The summed E-state index contributed by atoms with van der Waals surface area (Å²) in [5.74, 6) is -2.87. The number of hydrogen-bond donors (Lipinski definition) is 2. The molecule has 0 amide bonds. The number of hydrogen-bond acceptors (Lipinski definition) is 5. The van der Waals surface area contributed by atoms with Crippen molar-refractivity contribution in [1.29, 1.82) is 0 Å². The Bertz CT molecular complexity index is 1850. The third kappa shape index (κ3) is 4.48. The first kappa shape index (κ1) is 15.4. The van der Waals surface area contributed by atoms with Gasteiger partial charge in [-0.05, 0) is 60.6 Å². The second kappa shape index (κ2) is 8.77. The Kier molecular flexibility index (Phi) is 3.65. The fourth-order valence-corrected chi connectivity index (χ4v) is 4.40. The Balaban J connectivity index is 1.73. The maximum Gasteiger partial charge on any atom is 0.586 e. The van der Waals surface area contributed by atoms with Gasteiger partial charge in [-0.1, -0.05) is 26.8 Å². The van der Waals surface area contributed by atoms with Crippen LogP contribution < -0.4 is 9.47 Å². The number of halogens is 3. The molecule has 9 heteroatoms. The molecular weight excluding hydrogens is 487 g/mol. The van der Waals surface area contributed by atoms with Crippen molar-refractivity contribution in [2.24, 2.45) is 0 Å². The van der Waals surface area contributed by atoms with Crippen LogP contribution in [0, 0.1) is 5.82 Å². The van der Waals surface area contributed by atoms with Crippen LogP contribution in [0.25, 0.3) is 10.9 Å². The summed E-state index contributed by atoms with van der Waals surface area (Å²) in [6, 6.07) is 0.597. The van der Waals surface area contributed by atoms with Crippen LogP contribution in [0.3, 0.4) is 0 Å². The smallest absolute Gasteiger partial charge is 0.395 e. The van der Waals surface area contributed by atoms with Crippen LogP contribution in [0.5, 0.6) is 11.5 Å². The number of alkyl halides is 2. The number of fused-ring (bicyclic) bond motifs is 2. The summed E-state index contributed by atoms with van der Waals surface area (Å²) in [7, 11) is 0. The summed E-state index contributed by atoms with van der Waals surface area (Å²) in [4.78, 5) is 13.7. The van der Waals surface area contributed by atoms with Crippen LogP contribution in [0.2, 0.25) is 0 Å². The van der Waals surface area contributed by atoms with E-state index in [0.717, 1.165) is 6.92 Å². The van der Waals surface area contributed by atoms with Crippen LogP contribution >= 0.6 is 0 Å². The van der Waals surface area contributed by atoms with Gasteiger partial charge in [-0.15, -0.1) is 8.78 Å². The molecule has 3 aromatic rings. The Morgan fingerprint density at radius 3 is 2.70 bits per heavy atom. The molecular formula is C28H30F3NO5. The van der Waals surface area contributed by atoms with Gasteiger partial charge in [0, 0.05) is 27.0 Å². The Morgan fingerprint density at radius 1 is 1.32 bits per heavy atom. The second-order valence-corrected chi connectivity index (χ2v) is 9.34. The first-order chi connectivity index (χ1) is 21.7. The molecule has 0 radical (unpaired) electrons. The maximum absolute atomic E-state index is 16.2. The third-order valence-electron chi connectivity index (χ3n) is 6.82. The van der Waals surface area contributed by atoms with Crippen LogP contribution in [0.1, 0.15) is 71.9 Å². The molecule has 6 nitrogen and oxygen atoms in total. The van der Waals surface area contributed by atoms with Crippen molar-refractivity contribution in [3.05, 3.63) is 59.0 Å². The number of Topliss-reactive ketones (excluding diaryl/α,β-unsaturated/α-hetero) is 1. The molecule has 1 aromatic heterocycles. The molecule has 2 aliphatic rings. The molecule has 2 N–H and O–H groups in total. The molecule has 1 aliphatic heterocycles. The number of rotatable bonds is 9. The zero-order chi connectivity index (χ0) is 36.4. The molecule has 37 heavy (non-hydrogen) atoms. The molecule has 1 saturated carbocycles. The van der Waals surface area contributed by atoms with Gasteiger partial charge in [0.1, 0.15) is 11.6 Å². The molecule has 198 valence electrons. The number of aliphatic hydroxyl groups is 2. The summed E-state index contributed by atoms with van der Waals surface area (Å²) in [5, 5.41) is 19.9. The Labute approximate surface area is 228 Å². The lowest BCUT2D eigenvalue weighted by atomic mass is 9.86. The normalized spacial score (nSPS) is 25.9. The Hall–Kier alpha value is -3.04. The van der Waals surface area contributed by atoms with Gasteiger partial charge in [-0.2, -0.15) is 0 Å². The van der Waals surface area contributed by atoms with Crippen molar-refractivity contribution in [2.45, 2.75) is 76.1 Å². The van der Waals surface area contributed by atoms with E-state index in [2.05, 4.69) is 9.47 Å². The summed E-state index contributed by atoms with van der Waals surface area (Å²) < 4.78 is 144. The largest absolute Gasteiger partial charge is 0.586 e. The quantitative estimate of drug-likeness (QED) is 0.409. The number of ketones is 1. The standard InChI is InChI=1S/C28H30F3NO5/c1-4-26(2,3)24-10-17-9-16(20(29)13-21(17)32(24)14-19(34)15-33)11-25(35)27(7-8-27)18-5-6-22-23(12-18)37-28(30,31)36-22/h5-6,9-10,12-13,19,33-34H,4,7-8,11,14-15H2,1-3H3/t19-/m0/s1/i2D3,9D,10D,13D,14D2,15D2,19D/t19-,26?. The highest BCUT2D eigenvalue weighted by atomic mass is 19.3. The van der Waals surface area contributed by atoms with Gasteiger partial charge in [-0.3, -0.25) is 4.79 Å². The van der Waals surface area contributed by atoms with Crippen molar-refractivity contribution in [2.75, 3.05) is 6.56 Å². The fourth-order valence-electron chi connectivity index (χ4n) is 4.40. The summed E-state index contributed by atoms with van der Waals surface area (Å²) in [6.45, 7) is -8.58. The fraction of sp³-hybridized carbons (Fsp3) is 0.464. The van der Waals surface area contributed by atoms with Gasteiger partial charge < -0.3 is 24.3 Å². The number of ether oxygens (including phenoxy) is 2. The maximum atomic E-state index is 16.2. The van der Waals surface area contributed by atoms with Crippen molar-refractivity contribution < 1.29 is 52.7 Å². The van der Waals surface area contributed by atoms with Crippen molar-refractivity contribution in [1.82, 2.24) is 4.57 Å². The van der Waals surface area contributed by atoms with Crippen molar-refractivity contribution >= 4 is 16.7 Å². The highest BCUT2D eigenvalue weighted by molar-refractivity contribution is 5.95. The van der Waals surface area contributed by atoms with E-state index in [-0.39, 0.29) is 40.9 Å². The molecule has 2 atom stereocenters. The third-order valence-corrected chi connectivity index (χ3v) is 6.82. The van der Waals surface area contributed by atoms with Gasteiger partial charge in [0.2, 0.25) is 0 Å². The monoisotopic (exact) mass is 528 g/mol. The molecule has 2 heterocycles. The minimum Gasteiger partial charge on any atom is -0.395 e. The minimum absolute atomic E-state index is 0.113. The van der Waals surface area contributed by atoms with E-state index in [1.54, 1.807) is 0 Å². The summed E-state index contributed by atoms with van der Waals surface area (Å²) in [6.07, 6.45) is -8.90. The number of carbonyl (C=O) groups excluding carboxylic acids is 1. The lowest BCUT2D eigenvalue weighted by Crippen LogP contribution is -2.26. The van der Waals surface area contributed by atoms with E-state index in [0.29, 0.717) is 0 Å². The summed E-state index contributed by atoms with van der Waals surface area (Å²) >= 11 is 0. The number of benzene rings is 2. The van der Waals surface area contributed by atoms with Gasteiger partial charge >= 0.3 is 6.29 Å². The lowest BCUT2D eigenvalue weighted by Gasteiger charge is -2.26. The highest BCUT2D eigenvalue weighted by Gasteiger charge is 2.52. The molecule has 0 saturated heterocycles. The first-order valence-corrected chi connectivity index (χ1v) is 11.4. The predicted molar refractivity (Wildman–Crippen MR) is 131 cm³/mol. The average Bonchev–Trinajstić information content (AvgIpc) is 3.62. The van der Waals surface area contributed by atoms with Crippen LogP contribution in [-0.2, 0) is 28.5 Å². The van der Waals surface area contributed by atoms with Gasteiger partial charge in [0.05, 0.1) is 41.0 Å². The summed E-state index contributed by atoms with van der Waals surface area (Å²) in [5.41, 5.74) is -5.88. The number of nitrogens with zero attached hydrogens (tertiary/aromatic N) is 1. The SMILES string of the molecule is [2H]c1c(CC(=O)C2(c3ccc4c(c3)OC(F)(F)O4)CC2)c(F)c([2H])c2c1c([2H])c(C(C)(CC)C([2H])([2H])[2H])n2C([2H])([2H])[C@]([2H])(O)C([2H])([2H])O. The van der Waals surface area contributed by atoms with Crippen LogP contribution in [0.15, 0.2) is 36.3 Å². The van der Waals surface area contributed by atoms with Gasteiger partial charge in [0.15, 0.2) is 11.5 Å². The molecule has 2 aromatic carbocycles. The molecule has 1 unspecified atom stereocenters. The zero-order valence-corrected chi connectivity index (χ0v) is 19.8. The van der Waals surface area contributed by atoms with E-state index < -0.39 is 101 Å². The van der Waals surface area contributed by atoms with Gasteiger partial charge in [-0.25, -0.2) is 4.39 Å². The number of aromatic nitrogens is 1. The van der Waals surface area contributed by atoms with Gasteiger partial charge in [0.25, 0.3) is 0 Å². The second-order valence-electron chi connectivity index (χ2n) is 9.34. The van der Waals surface area contributed by atoms with E-state index in [1.807, 2.05) is 0 Å². The topological polar surface area (TPSA) is 80.9 Å². The highest BCUT2D eigenvalue weighted by Crippen LogP contribution is 2.52. The first-order valence-electron chi connectivity index (χ1n) is 16.9. The van der Waals surface area contributed by atoms with Crippen molar-refractivity contribution in [3.63, 3.8) is 0 Å². The van der Waals surface area contributed by atoms with E-state index in [1.165, 1.54) is 25.1 Å². The lowest BCUT2D eigenvalue weighted by molar-refractivity contribution is -0.286. The van der Waals surface area contributed by atoms with E-state index >= 15 is 4.39 Å². The Morgan fingerprint density at radius 2 is 2.05 bits per heavy atom. The predicted octanol–water partition coefficient (Wildman–Crippen LogP) is 4.99. The van der Waals surface area contributed by atoms with Crippen molar-refractivity contribution in [3.8, 4) is 11.5 Å². The van der Waals surface area contributed by atoms with Crippen LogP contribution in [-0.4, -0.2) is 39.5 Å². The zero-order valence-electron chi connectivity index (χ0n) is 30.8.